The maximum absolute atomic E-state index is 13.4. The van der Waals surface area contributed by atoms with E-state index in [2.05, 4.69) is 0 Å². The molecule has 4 rings (SSSR count). The molecule has 2 aromatic carbocycles. The van der Waals surface area contributed by atoms with Crippen molar-refractivity contribution < 1.29 is 49.3 Å². The Kier molecular flexibility index (Phi) is 6.15. The van der Waals surface area contributed by atoms with E-state index in [1.165, 1.54) is 43.5 Å². The van der Waals surface area contributed by atoms with Crippen molar-refractivity contribution in [2.24, 2.45) is 0 Å². The fourth-order valence-electron chi connectivity index (χ4n) is 3.57. The van der Waals surface area contributed by atoms with Crippen LogP contribution in [-0.4, -0.2) is 75.1 Å². The number of aliphatic hydroxyl groups excluding tert-OH is 4. The lowest BCUT2D eigenvalue weighted by Crippen LogP contribution is -2.60. The van der Waals surface area contributed by atoms with Gasteiger partial charge < -0.3 is 49.3 Å². The van der Waals surface area contributed by atoms with Gasteiger partial charge in [-0.1, -0.05) is 0 Å². The second kappa shape index (κ2) is 8.89. The average Bonchev–Trinajstić information content (AvgIpc) is 2.80. The number of hydrogen-bond donors (Lipinski definition) is 6. The minimum atomic E-state index is -1.78. The lowest BCUT2D eigenvalue weighted by molar-refractivity contribution is -0.277. The molecule has 11 heteroatoms. The third-order valence-corrected chi connectivity index (χ3v) is 5.35. The van der Waals surface area contributed by atoms with E-state index >= 15 is 0 Å². The van der Waals surface area contributed by atoms with Gasteiger partial charge in [0.1, 0.15) is 52.6 Å². The van der Waals surface area contributed by atoms with Crippen molar-refractivity contribution in [3.63, 3.8) is 0 Å². The molecular weight excluding hydrogens is 440 g/mol. The number of phenolic OH excluding ortho intramolecular Hbond substituents is 2. The van der Waals surface area contributed by atoms with Gasteiger partial charge in [0.15, 0.2) is 5.76 Å². The Labute approximate surface area is 186 Å². The summed E-state index contributed by atoms with van der Waals surface area (Å²) in [7, 11) is 1.37. The lowest BCUT2D eigenvalue weighted by Gasteiger charge is -2.39. The van der Waals surface area contributed by atoms with Crippen LogP contribution >= 0.6 is 0 Å². The van der Waals surface area contributed by atoms with Gasteiger partial charge in [-0.25, -0.2) is 0 Å². The first-order chi connectivity index (χ1) is 15.7. The highest BCUT2D eigenvalue weighted by atomic mass is 16.7. The van der Waals surface area contributed by atoms with Crippen LogP contribution in [-0.2, 0) is 4.74 Å². The third-order valence-electron chi connectivity index (χ3n) is 5.35. The molecule has 0 bridgehead atoms. The molecule has 1 aliphatic rings. The molecule has 0 radical (unpaired) electrons. The Morgan fingerprint density at radius 2 is 1.70 bits per heavy atom. The van der Waals surface area contributed by atoms with E-state index in [0.29, 0.717) is 5.56 Å². The molecule has 1 fully saturated rings. The summed E-state index contributed by atoms with van der Waals surface area (Å²) < 4.78 is 21.9. The van der Waals surface area contributed by atoms with Crippen LogP contribution in [0.4, 0.5) is 0 Å². The first-order valence-corrected chi connectivity index (χ1v) is 9.89. The normalized spacial score (nSPS) is 25.2. The standard InChI is InChI=1S/C22H22O11/c1-30-11-6-12(25)15-13(7-11)31-20(9-2-4-10(24)5-3-9)21(17(15)27)33-22-19(29)18(28)16(26)14(8-23)32-22/h2-7,14,16,18-19,22-26,28-29H,8H2,1H3/t14-,16-,18-,19-,22+/m1/s1. The van der Waals surface area contributed by atoms with Crippen LogP contribution in [0.5, 0.6) is 23.0 Å². The Bertz CT molecular complexity index is 1200. The van der Waals surface area contributed by atoms with E-state index in [9.17, 15) is 35.4 Å². The first-order valence-electron chi connectivity index (χ1n) is 9.89. The Morgan fingerprint density at radius 3 is 2.33 bits per heavy atom. The third kappa shape index (κ3) is 4.08. The fraction of sp³-hybridized carbons (Fsp3) is 0.318. The molecule has 0 aliphatic carbocycles. The molecule has 0 unspecified atom stereocenters. The van der Waals surface area contributed by atoms with E-state index < -0.39 is 54.2 Å². The SMILES string of the molecule is COc1cc(O)c2c(=O)c(O[C@@H]3O[C@H](CO)[C@@H](O)[C@@H](O)[C@H]3O)c(-c3ccc(O)cc3)oc2c1. The molecule has 33 heavy (non-hydrogen) atoms. The van der Waals surface area contributed by atoms with Crippen LogP contribution < -0.4 is 14.9 Å². The lowest BCUT2D eigenvalue weighted by atomic mass is 9.99. The van der Waals surface area contributed by atoms with Crippen LogP contribution in [0.15, 0.2) is 45.6 Å². The van der Waals surface area contributed by atoms with Gasteiger partial charge in [-0.15, -0.1) is 0 Å². The quantitative estimate of drug-likeness (QED) is 0.302. The molecule has 1 saturated heterocycles. The van der Waals surface area contributed by atoms with E-state index in [1.54, 1.807) is 0 Å². The fourth-order valence-corrected chi connectivity index (χ4v) is 3.57. The molecule has 0 spiro atoms. The van der Waals surface area contributed by atoms with E-state index in [1.807, 2.05) is 0 Å². The van der Waals surface area contributed by atoms with Gasteiger partial charge in [-0.05, 0) is 24.3 Å². The minimum Gasteiger partial charge on any atom is -0.508 e. The molecule has 1 aromatic heterocycles. The summed E-state index contributed by atoms with van der Waals surface area (Å²) in [4.78, 5) is 13.4. The van der Waals surface area contributed by atoms with Crippen LogP contribution in [0.1, 0.15) is 0 Å². The van der Waals surface area contributed by atoms with E-state index in [-0.39, 0.29) is 28.2 Å². The molecular formula is C22H22O11. The van der Waals surface area contributed by atoms with Crippen molar-refractivity contribution in [3.05, 3.63) is 46.6 Å². The summed E-state index contributed by atoms with van der Waals surface area (Å²) >= 11 is 0. The molecule has 0 amide bonds. The molecule has 5 atom stereocenters. The van der Waals surface area contributed by atoms with Gasteiger partial charge in [0.05, 0.1) is 13.7 Å². The predicted molar refractivity (Wildman–Crippen MR) is 112 cm³/mol. The van der Waals surface area contributed by atoms with Gasteiger partial charge in [0.25, 0.3) is 0 Å². The van der Waals surface area contributed by atoms with Crippen molar-refractivity contribution in [1.29, 1.82) is 0 Å². The maximum atomic E-state index is 13.4. The average molecular weight is 462 g/mol. The number of hydrogen-bond acceptors (Lipinski definition) is 11. The zero-order chi connectivity index (χ0) is 23.9. The van der Waals surface area contributed by atoms with Crippen LogP contribution in [0.25, 0.3) is 22.3 Å². The zero-order valence-corrected chi connectivity index (χ0v) is 17.3. The second-order valence-corrected chi connectivity index (χ2v) is 7.47. The van der Waals surface area contributed by atoms with Crippen molar-refractivity contribution in [2.45, 2.75) is 30.7 Å². The molecule has 3 aromatic rings. The number of benzene rings is 2. The number of aromatic hydroxyl groups is 2. The van der Waals surface area contributed by atoms with Crippen molar-refractivity contribution in [2.75, 3.05) is 13.7 Å². The van der Waals surface area contributed by atoms with Gasteiger partial charge >= 0.3 is 0 Å². The molecule has 6 N–H and O–H groups in total. The number of rotatable bonds is 5. The first kappa shape index (κ1) is 22.8. The number of aliphatic hydroxyl groups is 4. The number of phenols is 2. The summed E-state index contributed by atoms with van der Waals surface area (Å²) in [6.45, 7) is -0.692. The highest BCUT2D eigenvalue weighted by Crippen LogP contribution is 2.37. The van der Waals surface area contributed by atoms with Crippen molar-refractivity contribution in [3.8, 4) is 34.3 Å². The minimum absolute atomic E-state index is 0.0268. The van der Waals surface area contributed by atoms with Gasteiger partial charge in [-0.2, -0.15) is 0 Å². The molecule has 0 saturated carbocycles. The van der Waals surface area contributed by atoms with Gasteiger partial charge in [-0.3, -0.25) is 4.79 Å². The van der Waals surface area contributed by atoms with Crippen LogP contribution in [0.3, 0.4) is 0 Å². The molecule has 11 nitrogen and oxygen atoms in total. The highest BCUT2D eigenvalue weighted by molar-refractivity contribution is 5.88. The zero-order valence-electron chi connectivity index (χ0n) is 17.3. The Hall–Kier alpha value is -3.35. The molecule has 1 aliphatic heterocycles. The summed E-state index contributed by atoms with van der Waals surface area (Å²) in [6, 6.07) is 8.18. The maximum Gasteiger partial charge on any atom is 0.239 e. The summed E-state index contributed by atoms with van der Waals surface area (Å²) in [6.07, 6.45) is -8.07. The summed E-state index contributed by atoms with van der Waals surface area (Å²) in [5, 5.41) is 59.5. The summed E-state index contributed by atoms with van der Waals surface area (Å²) in [5.41, 5.74) is -0.550. The van der Waals surface area contributed by atoms with Crippen molar-refractivity contribution >= 4 is 11.0 Å². The Balaban J connectivity index is 1.89. The molecule has 176 valence electrons. The number of fused-ring (bicyclic) bond motifs is 1. The van der Waals surface area contributed by atoms with Crippen molar-refractivity contribution in [1.82, 2.24) is 0 Å². The second-order valence-electron chi connectivity index (χ2n) is 7.47. The van der Waals surface area contributed by atoms with E-state index in [0.717, 1.165) is 0 Å². The van der Waals surface area contributed by atoms with E-state index in [4.69, 9.17) is 18.6 Å². The largest absolute Gasteiger partial charge is 0.508 e. The smallest absolute Gasteiger partial charge is 0.239 e. The van der Waals surface area contributed by atoms with Gasteiger partial charge in [0, 0.05) is 17.7 Å². The monoisotopic (exact) mass is 462 g/mol. The van der Waals surface area contributed by atoms with Crippen LogP contribution in [0.2, 0.25) is 0 Å². The number of methoxy groups -OCH3 is 1. The van der Waals surface area contributed by atoms with Crippen LogP contribution in [0, 0.1) is 0 Å². The topological polar surface area (TPSA) is 179 Å². The Morgan fingerprint density at radius 1 is 1.00 bits per heavy atom. The summed E-state index contributed by atoms with van der Waals surface area (Å²) in [5.74, 6) is -0.871. The highest BCUT2D eigenvalue weighted by Gasteiger charge is 2.45. The van der Waals surface area contributed by atoms with Gasteiger partial charge in [0.2, 0.25) is 17.5 Å². The number of ether oxygens (including phenoxy) is 3. The molecule has 2 heterocycles. The predicted octanol–water partition coefficient (Wildman–Crippen LogP) is 0.0585.